The van der Waals surface area contributed by atoms with E-state index >= 15 is 0 Å². The molecule has 4 N–H and O–H groups in total. The molecule has 16 heteroatoms. The molecule has 0 aliphatic carbocycles. The summed E-state index contributed by atoms with van der Waals surface area (Å²) in [6.45, 7) is 2.94. The van der Waals surface area contributed by atoms with Gasteiger partial charge in [0, 0.05) is 36.6 Å². The molecule has 2 aromatic heterocycles. The highest BCUT2D eigenvalue weighted by atomic mass is 32.1. The minimum atomic E-state index is -4.43. The van der Waals surface area contributed by atoms with Gasteiger partial charge in [-0.25, -0.2) is 14.6 Å². The number of carbonyl (C=O) groups is 3. The molecule has 2 aromatic carbocycles. The molecular formula is C38H48F3N7O4S2. The molecule has 0 aliphatic rings. The third kappa shape index (κ3) is 15.4. The van der Waals surface area contributed by atoms with E-state index < -0.39 is 42.8 Å². The first kappa shape index (κ1) is 42.2. The zero-order valence-electron chi connectivity index (χ0n) is 30.6. The molecule has 4 aromatic rings. The fourth-order valence-corrected chi connectivity index (χ4v) is 6.92. The molecule has 0 spiro atoms. The van der Waals surface area contributed by atoms with Crippen molar-refractivity contribution in [2.45, 2.75) is 89.3 Å². The minimum absolute atomic E-state index is 0.0858. The van der Waals surface area contributed by atoms with Crippen LogP contribution in [-0.2, 0) is 35.5 Å². The molecule has 0 aliphatic heterocycles. The number of alkyl carbamates (subject to hydrolysis) is 1. The lowest BCUT2D eigenvalue weighted by atomic mass is 9.95. The van der Waals surface area contributed by atoms with Crippen LogP contribution in [0.15, 0.2) is 77.8 Å². The van der Waals surface area contributed by atoms with Crippen molar-refractivity contribution in [3.05, 3.63) is 104 Å². The number of hydrogen-bond acceptors (Lipinski definition) is 9. The summed E-state index contributed by atoms with van der Waals surface area (Å²) in [5.74, 6) is -0.296. The Hall–Kier alpha value is -4.54. The molecule has 0 bridgehead atoms. The summed E-state index contributed by atoms with van der Waals surface area (Å²) in [6, 6.07) is 16.7. The number of carbonyl (C=O) groups excluding carboxylic acids is 3. The molecule has 0 saturated carbocycles. The zero-order valence-corrected chi connectivity index (χ0v) is 32.2. The summed E-state index contributed by atoms with van der Waals surface area (Å²) in [5.41, 5.74) is 4.32. The summed E-state index contributed by atoms with van der Waals surface area (Å²) in [7, 11) is 1.57. The number of benzene rings is 2. The summed E-state index contributed by atoms with van der Waals surface area (Å²) < 4.78 is 44.2. The van der Waals surface area contributed by atoms with E-state index in [1.165, 1.54) is 27.6 Å². The molecule has 11 nitrogen and oxygen atoms in total. The third-order valence-electron chi connectivity index (χ3n) is 8.37. The average molecular weight is 788 g/mol. The SMILES string of the molecule is CC(C)c1nc(CN(C)C(=O)NC(CCNCC(F)(F)F)C(=O)NC(CCC(Cc2ccccc2)NC(=O)OCc2cncs2)Cc2ccccc2)cs1. The summed E-state index contributed by atoms with van der Waals surface area (Å²) in [6.07, 6.45) is -1.61. The van der Waals surface area contributed by atoms with Crippen molar-refractivity contribution in [2.75, 3.05) is 20.1 Å². The predicted molar refractivity (Wildman–Crippen MR) is 204 cm³/mol. The van der Waals surface area contributed by atoms with E-state index in [0.717, 1.165) is 21.0 Å². The normalized spacial score (nSPS) is 13.2. The van der Waals surface area contributed by atoms with Crippen LogP contribution in [0.5, 0.6) is 0 Å². The first-order valence-electron chi connectivity index (χ1n) is 17.8. The van der Waals surface area contributed by atoms with Crippen LogP contribution in [0, 0.1) is 0 Å². The summed E-state index contributed by atoms with van der Waals surface area (Å²) >= 11 is 2.88. The van der Waals surface area contributed by atoms with Crippen molar-refractivity contribution in [2.24, 2.45) is 0 Å². The number of urea groups is 1. The molecule has 3 unspecified atom stereocenters. The number of ether oxygens (including phenoxy) is 1. The molecular weight excluding hydrogens is 740 g/mol. The van der Waals surface area contributed by atoms with Crippen molar-refractivity contribution in [1.29, 1.82) is 0 Å². The average Bonchev–Trinajstić information content (AvgIpc) is 3.84. The van der Waals surface area contributed by atoms with Gasteiger partial charge in [-0.1, -0.05) is 74.5 Å². The quantitative estimate of drug-likeness (QED) is 0.0722. The van der Waals surface area contributed by atoms with Gasteiger partial charge in [-0.15, -0.1) is 22.7 Å². The Kier molecular flexibility index (Phi) is 16.7. The van der Waals surface area contributed by atoms with Crippen LogP contribution in [0.4, 0.5) is 22.8 Å². The van der Waals surface area contributed by atoms with Gasteiger partial charge >= 0.3 is 18.3 Å². The second-order valence-corrected chi connectivity index (χ2v) is 15.2. The highest BCUT2D eigenvalue weighted by molar-refractivity contribution is 7.09. The number of thiazole rings is 2. The van der Waals surface area contributed by atoms with Crippen LogP contribution in [0.2, 0.25) is 0 Å². The van der Waals surface area contributed by atoms with Crippen LogP contribution in [0.1, 0.15) is 65.7 Å². The van der Waals surface area contributed by atoms with E-state index in [2.05, 4.69) is 31.2 Å². The molecule has 4 rings (SSSR count). The van der Waals surface area contributed by atoms with E-state index in [1.54, 1.807) is 18.8 Å². The number of nitrogens with zero attached hydrogens (tertiary/aromatic N) is 3. The molecule has 2 heterocycles. The molecule has 0 saturated heterocycles. The third-order valence-corrected chi connectivity index (χ3v) is 10.3. The summed E-state index contributed by atoms with van der Waals surface area (Å²) in [4.78, 5) is 51.0. The van der Waals surface area contributed by atoms with Gasteiger partial charge in [0.15, 0.2) is 0 Å². The smallest absolute Gasteiger partial charge is 0.407 e. The van der Waals surface area contributed by atoms with Crippen LogP contribution >= 0.6 is 22.7 Å². The maximum absolute atomic E-state index is 13.9. The van der Waals surface area contributed by atoms with Crippen molar-refractivity contribution in [1.82, 2.24) is 36.1 Å². The zero-order chi connectivity index (χ0) is 38.9. The van der Waals surface area contributed by atoms with E-state index in [0.29, 0.717) is 31.4 Å². The Morgan fingerprint density at radius 1 is 0.870 bits per heavy atom. The first-order valence-corrected chi connectivity index (χ1v) is 19.5. The van der Waals surface area contributed by atoms with Crippen LogP contribution in [0.25, 0.3) is 0 Å². The van der Waals surface area contributed by atoms with Crippen molar-refractivity contribution in [3.63, 3.8) is 0 Å². The molecule has 3 atom stereocenters. The predicted octanol–water partition coefficient (Wildman–Crippen LogP) is 6.82. The van der Waals surface area contributed by atoms with Crippen molar-refractivity contribution in [3.8, 4) is 0 Å². The number of hydrogen-bond donors (Lipinski definition) is 4. The fraction of sp³-hybridized carbons (Fsp3) is 0.447. The molecule has 4 amide bonds. The highest BCUT2D eigenvalue weighted by Crippen LogP contribution is 2.20. The van der Waals surface area contributed by atoms with Gasteiger partial charge in [-0.2, -0.15) is 13.2 Å². The van der Waals surface area contributed by atoms with Gasteiger partial charge in [0.25, 0.3) is 0 Å². The second kappa shape index (κ2) is 21.4. The molecule has 0 fully saturated rings. The topological polar surface area (TPSA) is 138 Å². The second-order valence-electron chi connectivity index (χ2n) is 13.3. The Bertz CT molecular complexity index is 1710. The van der Waals surface area contributed by atoms with Gasteiger partial charge in [-0.3, -0.25) is 9.78 Å². The minimum Gasteiger partial charge on any atom is -0.444 e. The highest BCUT2D eigenvalue weighted by Gasteiger charge is 2.29. The fourth-order valence-electron chi connectivity index (χ4n) is 5.59. The number of halogens is 3. The molecule has 0 radical (unpaired) electrons. The van der Waals surface area contributed by atoms with Crippen LogP contribution in [-0.4, -0.2) is 77.3 Å². The monoisotopic (exact) mass is 787 g/mol. The number of amides is 4. The largest absolute Gasteiger partial charge is 0.444 e. The van der Waals surface area contributed by atoms with E-state index in [9.17, 15) is 27.6 Å². The molecule has 292 valence electrons. The maximum Gasteiger partial charge on any atom is 0.407 e. The lowest BCUT2D eigenvalue weighted by molar-refractivity contribution is -0.125. The maximum atomic E-state index is 13.9. The number of aromatic nitrogens is 2. The first-order chi connectivity index (χ1) is 25.8. The van der Waals surface area contributed by atoms with E-state index in [4.69, 9.17) is 4.74 Å². The van der Waals surface area contributed by atoms with Gasteiger partial charge in [0.1, 0.15) is 12.6 Å². The number of alkyl halides is 3. The number of rotatable bonds is 20. The number of nitrogens with one attached hydrogen (secondary N) is 4. The van der Waals surface area contributed by atoms with Gasteiger partial charge in [-0.05, 0) is 49.8 Å². The molecule has 54 heavy (non-hydrogen) atoms. The van der Waals surface area contributed by atoms with Crippen LogP contribution in [0.3, 0.4) is 0 Å². The Labute approximate surface area is 322 Å². The van der Waals surface area contributed by atoms with Gasteiger partial charge < -0.3 is 30.9 Å². The van der Waals surface area contributed by atoms with E-state index in [1.807, 2.05) is 79.9 Å². The van der Waals surface area contributed by atoms with Crippen molar-refractivity contribution >= 4 is 40.7 Å². The standard InChI is InChI=1S/C38H48F3N7O4S2/c1-26(2)35-45-31(23-53-35)21-48(3)36(50)47-33(16-17-42-24-38(39,40)41)34(49)44-29(18-27-10-6-4-7-11-27)14-15-30(19-28-12-8-5-9-13-28)46-37(51)52-22-32-20-43-25-54-32/h4-13,20,23,25-26,29-30,33,42H,14-19,21-22,24H2,1-3H3,(H,44,49)(H,46,51)(H,47,50). The van der Waals surface area contributed by atoms with Gasteiger partial charge in [0.05, 0.1) is 34.2 Å². The van der Waals surface area contributed by atoms with Crippen LogP contribution < -0.4 is 21.3 Å². The summed E-state index contributed by atoms with van der Waals surface area (Å²) in [5, 5.41) is 13.9. The van der Waals surface area contributed by atoms with E-state index in [-0.39, 0.29) is 38.1 Å². The van der Waals surface area contributed by atoms with Gasteiger partial charge in [0.2, 0.25) is 5.91 Å². The van der Waals surface area contributed by atoms with Crippen molar-refractivity contribution < 1.29 is 32.3 Å². The Morgan fingerprint density at radius 2 is 1.50 bits per heavy atom. The lowest BCUT2D eigenvalue weighted by Gasteiger charge is -2.27. The Morgan fingerprint density at radius 3 is 2.06 bits per heavy atom. The lowest BCUT2D eigenvalue weighted by Crippen LogP contribution is -2.53. The Balaban J connectivity index is 1.47.